The number of carbonyl (C=O) groups is 2. The number of hydrogen-bond donors (Lipinski definition) is 4. The lowest BCUT2D eigenvalue weighted by molar-refractivity contribution is -0.122. The molecule has 172 valence electrons. The van der Waals surface area contributed by atoms with Crippen molar-refractivity contribution in [2.45, 2.75) is 0 Å². The Hall–Kier alpha value is -4.79. The molecule has 0 aliphatic heterocycles. The number of benzene rings is 3. The Morgan fingerprint density at radius 1 is 1.06 bits per heavy atom. The number of para-hydroxylation sites is 2. The molecule has 9 heteroatoms. The lowest BCUT2D eigenvalue weighted by Gasteiger charge is -2.11. The van der Waals surface area contributed by atoms with E-state index in [0.29, 0.717) is 11.5 Å². The van der Waals surface area contributed by atoms with Gasteiger partial charge in [-0.15, -0.1) is 0 Å². The maximum atomic E-state index is 12.5. The van der Waals surface area contributed by atoms with E-state index >= 15 is 0 Å². The number of H-pyrrole nitrogens is 2. The first-order chi connectivity index (χ1) is 16.5. The van der Waals surface area contributed by atoms with Gasteiger partial charge in [0.2, 0.25) is 5.95 Å². The smallest absolute Gasteiger partial charge is 0.290 e. The summed E-state index contributed by atoms with van der Waals surface area (Å²) in [6, 6.07) is 21.0. The van der Waals surface area contributed by atoms with Crippen molar-refractivity contribution < 1.29 is 19.4 Å². The summed E-state index contributed by atoms with van der Waals surface area (Å²) in [5.41, 5.74) is 3.94. The number of carbonyl (C=O) groups excluding carboxylic acids is 1. The molecule has 2 aromatic heterocycles. The van der Waals surface area contributed by atoms with Gasteiger partial charge in [0.05, 0.1) is 27.8 Å². The zero-order chi connectivity index (χ0) is 24.1. The zero-order valence-electron chi connectivity index (χ0n) is 18.6. The number of amides is 1. The van der Waals surface area contributed by atoms with Crippen LogP contribution in [0.5, 0.6) is 11.5 Å². The van der Waals surface area contributed by atoms with Crippen LogP contribution >= 0.6 is 0 Å². The molecule has 5 rings (SSSR count). The van der Waals surface area contributed by atoms with Gasteiger partial charge < -0.3 is 30.0 Å². The highest BCUT2D eigenvalue weighted by Gasteiger charge is 2.15. The maximum Gasteiger partial charge on any atom is 0.290 e. The fourth-order valence-corrected chi connectivity index (χ4v) is 3.54. The van der Waals surface area contributed by atoms with Gasteiger partial charge in [-0.2, -0.15) is 0 Å². The predicted molar refractivity (Wildman–Crippen MR) is 131 cm³/mol. The highest BCUT2D eigenvalue weighted by Crippen LogP contribution is 2.30. The quantitative estimate of drug-likeness (QED) is 0.276. The summed E-state index contributed by atoms with van der Waals surface area (Å²) in [5.74, 6) is 2.05. The molecule has 4 N–H and O–H groups in total. The minimum Gasteiger partial charge on any atom is -0.483 e. The molecule has 1 amide bonds. The van der Waals surface area contributed by atoms with Crippen LogP contribution in [0.2, 0.25) is 0 Å². The first-order valence-electron chi connectivity index (χ1n) is 10.4. The van der Waals surface area contributed by atoms with Crippen LogP contribution in [0.3, 0.4) is 0 Å². The second-order valence-corrected chi connectivity index (χ2v) is 7.54. The fraction of sp³-hybridized carbons (Fsp3) is 0.0800. The standard InChI is InChI=1S/C24H21N5O2.CH2O2/c1-29(2)23(30)18-10-6-9-17-21(14-25-22(17)18)28-24-26-19-12-11-16(13-20(19)27-24)31-15-7-4-3-5-8-15;2-1-3/h3-14,25H,1-2H3,(H2,26,27,28);1H,(H,2,3). The number of fused-ring (bicyclic) bond motifs is 2. The van der Waals surface area contributed by atoms with Crippen LogP contribution < -0.4 is 10.1 Å². The third-order valence-corrected chi connectivity index (χ3v) is 5.04. The molecule has 0 atom stereocenters. The Morgan fingerprint density at radius 2 is 1.82 bits per heavy atom. The van der Waals surface area contributed by atoms with Crippen LogP contribution in [-0.2, 0) is 4.79 Å². The van der Waals surface area contributed by atoms with E-state index in [2.05, 4.69) is 20.3 Å². The predicted octanol–water partition coefficient (Wildman–Crippen LogP) is 4.98. The van der Waals surface area contributed by atoms with E-state index in [1.807, 2.05) is 72.9 Å². The molecule has 0 saturated carbocycles. The minimum absolute atomic E-state index is 0.0475. The van der Waals surface area contributed by atoms with Gasteiger partial charge in [0, 0.05) is 31.7 Å². The molecule has 0 aliphatic rings. The molecule has 34 heavy (non-hydrogen) atoms. The van der Waals surface area contributed by atoms with E-state index < -0.39 is 0 Å². The Labute approximate surface area is 195 Å². The molecule has 3 aromatic carbocycles. The van der Waals surface area contributed by atoms with Crippen LogP contribution in [-0.4, -0.2) is 51.4 Å². The van der Waals surface area contributed by atoms with Crippen LogP contribution in [0.1, 0.15) is 10.4 Å². The van der Waals surface area contributed by atoms with Gasteiger partial charge in [0.1, 0.15) is 11.5 Å². The molecule has 0 radical (unpaired) electrons. The average Bonchev–Trinajstić information content (AvgIpc) is 3.43. The molecule has 5 aromatic rings. The molecular weight excluding hydrogens is 434 g/mol. The Bertz CT molecular complexity index is 1440. The average molecular weight is 457 g/mol. The monoisotopic (exact) mass is 457 g/mol. The number of nitrogens with zero attached hydrogens (tertiary/aromatic N) is 2. The summed E-state index contributed by atoms with van der Waals surface area (Å²) in [6.45, 7) is -0.250. The first kappa shape index (κ1) is 22.4. The summed E-state index contributed by atoms with van der Waals surface area (Å²) >= 11 is 0. The lowest BCUT2D eigenvalue weighted by Crippen LogP contribution is -2.21. The first-order valence-corrected chi connectivity index (χ1v) is 10.4. The van der Waals surface area contributed by atoms with E-state index in [1.165, 1.54) is 0 Å². The number of carboxylic acid groups (broad SMARTS) is 1. The SMILES string of the molecule is CN(C)C(=O)c1cccc2c(Nc3nc4cc(Oc5ccccc5)ccc4[nH]3)c[nH]c12.O=CO. The van der Waals surface area contributed by atoms with Crippen LogP contribution in [0.15, 0.2) is 72.9 Å². The molecule has 0 unspecified atom stereocenters. The molecule has 0 spiro atoms. The topological polar surface area (TPSA) is 123 Å². The zero-order valence-corrected chi connectivity index (χ0v) is 18.6. The van der Waals surface area contributed by atoms with Gasteiger partial charge in [-0.3, -0.25) is 9.59 Å². The van der Waals surface area contributed by atoms with Crippen LogP contribution in [0, 0.1) is 0 Å². The molecule has 0 bridgehead atoms. The Balaban J connectivity index is 0.000000868. The number of rotatable bonds is 5. The van der Waals surface area contributed by atoms with Gasteiger partial charge in [0.25, 0.3) is 12.4 Å². The number of anilines is 2. The third kappa shape index (κ3) is 4.68. The van der Waals surface area contributed by atoms with Crippen molar-refractivity contribution in [2.75, 3.05) is 19.4 Å². The van der Waals surface area contributed by atoms with Crippen molar-refractivity contribution in [3.8, 4) is 11.5 Å². The van der Waals surface area contributed by atoms with E-state index in [9.17, 15) is 4.79 Å². The van der Waals surface area contributed by atoms with Gasteiger partial charge in [0.15, 0.2) is 0 Å². The number of hydrogen-bond acceptors (Lipinski definition) is 5. The largest absolute Gasteiger partial charge is 0.483 e. The summed E-state index contributed by atoms with van der Waals surface area (Å²) in [6.07, 6.45) is 1.84. The van der Waals surface area contributed by atoms with Gasteiger partial charge >= 0.3 is 0 Å². The van der Waals surface area contributed by atoms with Gasteiger partial charge in [-0.1, -0.05) is 30.3 Å². The molecule has 2 heterocycles. The summed E-state index contributed by atoms with van der Waals surface area (Å²) < 4.78 is 5.90. The van der Waals surface area contributed by atoms with Crippen molar-refractivity contribution in [3.63, 3.8) is 0 Å². The van der Waals surface area contributed by atoms with Crippen molar-refractivity contribution in [1.82, 2.24) is 19.9 Å². The third-order valence-electron chi connectivity index (χ3n) is 5.04. The highest BCUT2D eigenvalue weighted by molar-refractivity contribution is 6.09. The number of nitrogens with one attached hydrogen (secondary N) is 3. The fourth-order valence-electron chi connectivity index (χ4n) is 3.54. The minimum atomic E-state index is -0.250. The van der Waals surface area contributed by atoms with Crippen molar-refractivity contribution >= 4 is 46.0 Å². The highest BCUT2D eigenvalue weighted by atomic mass is 16.5. The molecular formula is C25H23N5O4. The van der Waals surface area contributed by atoms with Gasteiger partial charge in [-0.05, 0) is 30.3 Å². The van der Waals surface area contributed by atoms with Crippen molar-refractivity contribution in [2.24, 2.45) is 0 Å². The molecule has 0 saturated heterocycles. The van der Waals surface area contributed by atoms with E-state index in [4.69, 9.17) is 14.6 Å². The van der Waals surface area contributed by atoms with Crippen LogP contribution in [0.25, 0.3) is 21.9 Å². The summed E-state index contributed by atoms with van der Waals surface area (Å²) in [4.78, 5) is 33.5. The number of imidazole rings is 1. The number of aromatic amines is 2. The normalized spacial score (nSPS) is 10.4. The number of ether oxygens (including phenoxy) is 1. The maximum absolute atomic E-state index is 12.5. The Kier molecular flexibility index (Phi) is 6.45. The van der Waals surface area contributed by atoms with Crippen LogP contribution in [0.4, 0.5) is 11.6 Å². The molecule has 0 aliphatic carbocycles. The van der Waals surface area contributed by atoms with E-state index in [-0.39, 0.29) is 12.4 Å². The van der Waals surface area contributed by atoms with Crippen molar-refractivity contribution in [3.05, 3.63) is 78.5 Å². The number of aromatic nitrogens is 3. The second kappa shape index (κ2) is 9.78. The van der Waals surface area contributed by atoms with E-state index in [0.717, 1.165) is 39.1 Å². The summed E-state index contributed by atoms with van der Waals surface area (Å²) in [5, 5.41) is 11.1. The second-order valence-electron chi connectivity index (χ2n) is 7.54. The van der Waals surface area contributed by atoms with E-state index in [1.54, 1.807) is 19.0 Å². The summed E-state index contributed by atoms with van der Waals surface area (Å²) in [7, 11) is 3.49. The molecule has 9 nitrogen and oxygen atoms in total. The Morgan fingerprint density at radius 3 is 2.56 bits per heavy atom. The molecule has 0 fully saturated rings. The van der Waals surface area contributed by atoms with Gasteiger partial charge in [-0.25, -0.2) is 4.98 Å². The van der Waals surface area contributed by atoms with Crippen molar-refractivity contribution in [1.29, 1.82) is 0 Å². The lowest BCUT2D eigenvalue weighted by atomic mass is 10.1.